The van der Waals surface area contributed by atoms with Crippen LogP contribution in [0.5, 0.6) is 0 Å². The largest absolute Gasteiger partial charge is 0.398 e. The predicted octanol–water partition coefficient (Wildman–Crippen LogP) is 4.02. The van der Waals surface area contributed by atoms with Gasteiger partial charge in [-0.1, -0.05) is 26.1 Å². The van der Waals surface area contributed by atoms with Crippen molar-refractivity contribution < 1.29 is 0 Å². The Kier molecular flexibility index (Phi) is 6.31. The van der Waals surface area contributed by atoms with Gasteiger partial charge in [0.15, 0.2) is 0 Å². The summed E-state index contributed by atoms with van der Waals surface area (Å²) in [6.07, 6.45) is 6.97. The van der Waals surface area contributed by atoms with Gasteiger partial charge < -0.3 is 20.9 Å². The molecule has 32 heavy (non-hydrogen) atoms. The maximum Gasteiger partial charge on any atom is 0.135 e. The summed E-state index contributed by atoms with van der Waals surface area (Å²) >= 11 is 0. The molecule has 6 nitrogen and oxygen atoms in total. The predicted molar refractivity (Wildman–Crippen MR) is 133 cm³/mol. The van der Waals surface area contributed by atoms with Gasteiger partial charge in [-0.15, -0.1) is 0 Å². The van der Waals surface area contributed by atoms with E-state index in [9.17, 15) is 0 Å². The van der Waals surface area contributed by atoms with Gasteiger partial charge in [-0.05, 0) is 49.5 Å². The van der Waals surface area contributed by atoms with Crippen molar-refractivity contribution in [3.63, 3.8) is 0 Å². The number of nitrogens with zero attached hydrogens (tertiary/aromatic N) is 4. The Morgan fingerprint density at radius 3 is 2.66 bits per heavy atom. The fraction of sp³-hybridized carbons (Fsp3) is 0.423. The first kappa shape index (κ1) is 22.1. The average Bonchev–Trinajstić information content (AvgIpc) is 3.23. The third-order valence-corrected chi connectivity index (χ3v) is 6.95. The molecule has 0 bridgehead atoms. The molecule has 4 rings (SSSR count). The number of fused-ring (bicyclic) bond motifs is 1. The molecule has 2 aliphatic rings. The van der Waals surface area contributed by atoms with Gasteiger partial charge in [0.2, 0.25) is 0 Å². The SMILES string of the molecule is C=CC(=C)N1CCN(c2nc(CC)nc3c2CCC3Cc2c(C)ccc(N)c2C=N)CC1. The zero-order chi connectivity index (χ0) is 22.8. The summed E-state index contributed by atoms with van der Waals surface area (Å²) in [6.45, 7) is 15.9. The average molecular weight is 431 g/mol. The van der Waals surface area contributed by atoms with Crippen LogP contribution < -0.4 is 10.6 Å². The second kappa shape index (κ2) is 9.15. The van der Waals surface area contributed by atoms with Gasteiger partial charge in [-0.3, -0.25) is 0 Å². The van der Waals surface area contributed by atoms with E-state index in [0.29, 0.717) is 11.6 Å². The highest BCUT2D eigenvalue weighted by Gasteiger charge is 2.32. The Morgan fingerprint density at radius 1 is 1.25 bits per heavy atom. The summed E-state index contributed by atoms with van der Waals surface area (Å²) in [6, 6.07) is 3.96. The molecular formula is C26H34N6. The van der Waals surface area contributed by atoms with E-state index >= 15 is 0 Å². The van der Waals surface area contributed by atoms with Crippen LogP contribution in [0.3, 0.4) is 0 Å². The fourth-order valence-corrected chi connectivity index (χ4v) is 5.00. The standard InChI is InChI=1S/C26H34N6/c1-5-18(4)31-11-13-32(14-12-31)26-20-9-8-19(25(20)29-24(6-2)30-26)15-21-17(3)7-10-23(28)22(21)16-27/h5,7,10,16,19,27H,1,4,6,8-9,11-15,28H2,2-3H3. The van der Waals surface area contributed by atoms with Crippen molar-refractivity contribution >= 4 is 17.7 Å². The summed E-state index contributed by atoms with van der Waals surface area (Å²) in [7, 11) is 0. The van der Waals surface area contributed by atoms with Crippen molar-refractivity contribution in [2.24, 2.45) is 0 Å². The van der Waals surface area contributed by atoms with Gasteiger partial charge >= 0.3 is 0 Å². The first-order valence-corrected chi connectivity index (χ1v) is 11.6. The monoisotopic (exact) mass is 430 g/mol. The summed E-state index contributed by atoms with van der Waals surface area (Å²) in [5.41, 5.74) is 13.6. The Balaban J connectivity index is 1.64. The van der Waals surface area contributed by atoms with Crippen molar-refractivity contribution in [3.8, 4) is 0 Å². The Morgan fingerprint density at radius 2 is 2.00 bits per heavy atom. The molecule has 168 valence electrons. The van der Waals surface area contributed by atoms with E-state index in [-0.39, 0.29) is 0 Å². The molecule has 3 N–H and O–H groups in total. The van der Waals surface area contributed by atoms with Gasteiger partial charge in [-0.25, -0.2) is 9.97 Å². The van der Waals surface area contributed by atoms with E-state index in [4.69, 9.17) is 21.1 Å². The Labute approximate surface area is 191 Å². The number of hydrogen-bond acceptors (Lipinski definition) is 6. The van der Waals surface area contributed by atoms with Crippen molar-refractivity contribution in [1.29, 1.82) is 5.41 Å². The third kappa shape index (κ3) is 4.01. The van der Waals surface area contributed by atoms with Gasteiger partial charge in [-0.2, -0.15) is 0 Å². The van der Waals surface area contributed by atoms with Crippen LogP contribution in [0.1, 0.15) is 53.0 Å². The molecule has 1 aromatic carbocycles. The van der Waals surface area contributed by atoms with Crippen LogP contribution in [-0.4, -0.2) is 47.3 Å². The van der Waals surface area contributed by atoms with Crippen molar-refractivity contribution in [2.75, 3.05) is 36.8 Å². The molecule has 1 saturated heterocycles. The maximum atomic E-state index is 7.88. The minimum absolute atomic E-state index is 0.332. The summed E-state index contributed by atoms with van der Waals surface area (Å²) in [5, 5.41) is 7.88. The van der Waals surface area contributed by atoms with Gasteiger partial charge in [0.05, 0.1) is 5.69 Å². The smallest absolute Gasteiger partial charge is 0.135 e. The van der Waals surface area contributed by atoms with E-state index in [0.717, 1.165) is 74.8 Å². The number of aromatic nitrogens is 2. The molecule has 0 spiro atoms. The number of nitrogens with two attached hydrogens (primary N) is 1. The Hall–Kier alpha value is -3.15. The highest BCUT2D eigenvalue weighted by Crippen LogP contribution is 2.40. The van der Waals surface area contributed by atoms with E-state index in [1.54, 1.807) is 0 Å². The molecule has 2 heterocycles. The number of piperazine rings is 1. The highest BCUT2D eigenvalue weighted by atomic mass is 15.3. The van der Waals surface area contributed by atoms with Gasteiger partial charge in [0, 0.05) is 67.2 Å². The van der Waals surface area contributed by atoms with E-state index < -0.39 is 0 Å². The molecular weight excluding hydrogens is 396 g/mol. The second-order valence-corrected chi connectivity index (χ2v) is 8.80. The van der Waals surface area contributed by atoms with Crippen LogP contribution in [-0.2, 0) is 19.3 Å². The molecule has 1 aliphatic heterocycles. The molecule has 1 aromatic heterocycles. The van der Waals surface area contributed by atoms with Crippen molar-refractivity contribution in [1.82, 2.24) is 14.9 Å². The van der Waals surface area contributed by atoms with Crippen LogP contribution in [0.15, 0.2) is 37.1 Å². The third-order valence-electron chi connectivity index (χ3n) is 6.95. The van der Waals surface area contributed by atoms with Crippen LogP contribution in [0, 0.1) is 12.3 Å². The normalized spacial score (nSPS) is 17.9. The molecule has 1 aliphatic carbocycles. The number of allylic oxidation sites excluding steroid dienone is 1. The minimum Gasteiger partial charge on any atom is -0.398 e. The topological polar surface area (TPSA) is 82.1 Å². The summed E-state index contributed by atoms with van der Waals surface area (Å²) in [5.74, 6) is 2.37. The molecule has 0 amide bonds. The maximum absolute atomic E-state index is 7.88. The zero-order valence-electron chi connectivity index (χ0n) is 19.3. The van der Waals surface area contributed by atoms with E-state index in [2.05, 4.69) is 42.9 Å². The molecule has 6 heteroatoms. The molecule has 2 aromatic rings. The number of aryl methyl sites for hydroxylation is 2. The highest BCUT2D eigenvalue weighted by molar-refractivity contribution is 5.87. The first-order valence-electron chi connectivity index (χ1n) is 11.6. The minimum atomic E-state index is 0.332. The Bertz CT molecular complexity index is 1050. The van der Waals surface area contributed by atoms with Crippen LogP contribution in [0.2, 0.25) is 0 Å². The quantitative estimate of drug-likeness (QED) is 0.394. The molecule has 1 fully saturated rings. The zero-order valence-corrected chi connectivity index (χ0v) is 19.3. The van der Waals surface area contributed by atoms with Gasteiger partial charge in [0.25, 0.3) is 0 Å². The lowest BCUT2D eigenvalue weighted by atomic mass is 9.90. The molecule has 0 saturated carbocycles. The second-order valence-electron chi connectivity index (χ2n) is 8.80. The number of nitrogen functional groups attached to an aromatic ring is 1. The van der Waals surface area contributed by atoms with E-state index in [1.807, 2.05) is 12.1 Å². The summed E-state index contributed by atoms with van der Waals surface area (Å²) in [4.78, 5) is 14.7. The number of hydrogen-bond donors (Lipinski definition) is 2. The molecule has 0 radical (unpaired) electrons. The molecule has 1 unspecified atom stereocenters. The van der Waals surface area contributed by atoms with Crippen molar-refractivity contribution in [3.05, 3.63) is 70.8 Å². The van der Waals surface area contributed by atoms with E-state index in [1.165, 1.54) is 28.6 Å². The van der Waals surface area contributed by atoms with Crippen LogP contribution in [0.4, 0.5) is 11.5 Å². The fourth-order valence-electron chi connectivity index (χ4n) is 5.00. The lowest BCUT2D eigenvalue weighted by molar-refractivity contribution is 0.330. The van der Waals surface area contributed by atoms with Crippen molar-refractivity contribution in [2.45, 2.75) is 45.4 Å². The van der Waals surface area contributed by atoms with Gasteiger partial charge in [0.1, 0.15) is 11.6 Å². The summed E-state index contributed by atoms with van der Waals surface area (Å²) < 4.78 is 0. The van der Waals surface area contributed by atoms with Crippen LogP contribution >= 0.6 is 0 Å². The number of anilines is 2. The number of nitrogens with one attached hydrogen (secondary N) is 1. The number of benzene rings is 1. The first-order chi connectivity index (χ1) is 15.5. The lowest BCUT2D eigenvalue weighted by Gasteiger charge is -2.37. The molecule has 1 atom stereocenters. The van der Waals surface area contributed by atoms with Crippen LogP contribution in [0.25, 0.3) is 0 Å². The lowest BCUT2D eigenvalue weighted by Crippen LogP contribution is -2.46. The number of rotatable bonds is 7.